The molecule has 12 heteroatoms. The summed E-state index contributed by atoms with van der Waals surface area (Å²) in [7, 11) is 0. The molecule has 4 atom stereocenters. The second-order valence-electron chi connectivity index (χ2n) is 5.81. The zero-order valence-corrected chi connectivity index (χ0v) is 15.2. The zero-order valence-electron chi connectivity index (χ0n) is 15.2. The Morgan fingerprint density at radius 3 is 2.89 bits per heavy atom. The quantitative estimate of drug-likeness (QED) is 0.318. The number of aromatic nitrogens is 2. The number of nitrogens with one attached hydrogen (secondary N) is 1. The average Bonchev–Trinajstić information content (AvgIpc) is 2.96. The molecule has 1 aromatic heterocycles. The zero-order chi connectivity index (χ0) is 20.5. The summed E-state index contributed by atoms with van der Waals surface area (Å²) < 4.78 is 22.2. The van der Waals surface area contributed by atoms with E-state index in [4.69, 9.17) is 24.2 Å². The number of amides is 1. The third-order valence-corrected chi connectivity index (χ3v) is 3.77. The van der Waals surface area contributed by atoms with Gasteiger partial charge < -0.3 is 34.5 Å². The number of carbonyl (C=O) groups excluding carboxylic acids is 1. The monoisotopic (exact) mass is 398 g/mol. The number of ether oxygens (including phenoxy) is 4. The molecule has 0 radical (unpaired) electrons. The van der Waals surface area contributed by atoms with Crippen LogP contribution in [0.25, 0.3) is 0 Å². The Kier molecular flexibility index (Phi) is 8.45. The lowest BCUT2D eigenvalue weighted by Crippen LogP contribution is -2.38. The molecule has 0 saturated carbocycles. The molecule has 28 heavy (non-hydrogen) atoms. The molecule has 1 fully saturated rings. The summed E-state index contributed by atoms with van der Waals surface area (Å²) in [5.41, 5.74) is -0.739. The summed E-state index contributed by atoms with van der Waals surface area (Å²) in [4.78, 5) is 27.1. The van der Waals surface area contributed by atoms with Gasteiger partial charge in [0.25, 0.3) is 0 Å². The third-order valence-electron chi connectivity index (χ3n) is 3.77. The highest BCUT2D eigenvalue weighted by Crippen LogP contribution is 2.30. The van der Waals surface area contributed by atoms with Gasteiger partial charge in [-0.3, -0.25) is 9.36 Å². The average molecular weight is 398 g/mol. The number of aliphatic hydroxyl groups excluding tert-OH is 2. The van der Waals surface area contributed by atoms with Crippen molar-refractivity contribution in [3.05, 3.63) is 22.7 Å². The molecular formula is C16H22N4O8. The first-order chi connectivity index (χ1) is 13.5. The predicted molar refractivity (Wildman–Crippen MR) is 91.7 cm³/mol. The Labute approximate surface area is 160 Å². The van der Waals surface area contributed by atoms with E-state index in [0.29, 0.717) is 0 Å². The largest absolute Gasteiger partial charge is 0.394 e. The molecular weight excluding hydrogens is 376 g/mol. The van der Waals surface area contributed by atoms with E-state index in [1.165, 1.54) is 19.2 Å². The Bertz CT molecular complexity index is 749. The van der Waals surface area contributed by atoms with Crippen LogP contribution in [0.5, 0.6) is 0 Å². The molecule has 1 aliphatic heterocycles. The Morgan fingerprint density at radius 2 is 2.25 bits per heavy atom. The van der Waals surface area contributed by atoms with Gasteiger partial charge in [0, 0.05) is 13.1 Å². The van der Waals surface area contributed by atoms with Gasteiger partial charge in [-0.1, -0.05) is 0 Å². The van der Waals surface area contributed by atoms with Crippen LogP contribution in [0.2, 0.25) is 0 Å². The maximum atomic E-state index is 12.3. The molecule has 1 saturated heterocycles. The minimum absolute atomic E-state index is 0.0707. The smallest absolute Gasteiger partial charge is 0.351 e. The van der Waals surface area contributed by atoms with Gasteiger partial charge in [0.15, 0.2) is 6.23 Å². The van der Waals surface area contributed by atoms with Crippen molar-refractivity contribution in [3.63, 3.8) is 0 Å². The third kappa shape index (κ3) is 5.80. The highest BCUT2D eigenvalue weighted by atomic mass is 16.7. The fraction of sp³-hybridized carbons (Fsp3) is 0.625. The molecule has 1 aliphatic rings. The Hall–Kier alpha value is -2.40. The first-order valence-electron chi connectivity index (χ1n) is 8.43. The topological polar surface area (TPSA) is 165 Å². The van der Waals surface area contributed by atoms with Crippen molar-refractivity contribution in [3.8, 4) is 6.07 Å². The number of aliphatic hydroxyl groups is 2. The molecule has 0 aromatic carbocycles. The SMILES string of the molecule is CC(=O)Nc1ccn(C2OC(CO)[C@H](O)C2OCOCOCCC#N)c(=O)n1. The van der Waals surface area contributed by atoms with Crippen LogP contribution in [0, 0.1) is 11.3 Å². The first kappa shape index (κ1) is 21.9. The van der Waals surface area contributed by atoms with Crippen LogP contribution in [0.15, 0.2) is 17.1 Å². The number of hydrogen-bond donors (Lipinski definition) is 3. The molecule has 0 aliphatic carbocycles. The van der Waals surface area contributed by atoms with Crippen LogP contribution < -0.4 is 11.0 Å². The van der Waals surface area contributed by atoms with Crippen molar-refractivity contribution < 1.29 is 34.0 Å². The normalized spacial score (nSPS) is 24.1. The van der Waals surface area contributed by atoms with Gasteiger partial charge in [-0.15, -0.1) is 0 Å². The van der Waals surface area contributed by atoms with E-state index in [1.54, 1.807) is 0 Å². The highest BCUT2D eigenvalue weighted by Gasteiger charge is 2.45. The van der Waals surface area contributed by atoms with Crippen LogP contribution in [-0.4, -0.2) is 70.8 Å². The fourth-order valence-electron chi connectivity index (χ4n) is 2.53. The van der Waals surface area contributed by atoms with E-state index in [9.17, 15) is 19.8 Å². The molecule has 12 nitrogen and oxygen atoms in total. The molecule has 0 spiro atoms. The van der Waals surface area contributed by atoms with E-state index in [1.807, 2.05) is 6.07 Å². The van der Waals surface area contributed by atoms with Crippen molar-refractivity contribution in [1.29, 1.82) is 5.26 Å². The minimum Gasteiger partial charge on any atom is -0.394 e. The van der Waals surface area contributed by atoms with Crippen molar-refractivity contribution in [2.24, 2.45) is 0 Å². The van der Waals surface area contributed by atoms with Crippen molar-refractivity contribution in [2.45, 2.75) is 37.9 Å². The van der Waals surface area contributed by atoms with Crippen LogP contribution in [-0.2, 0) is 23.7 Å². The lowest BCUT2D eigenvalue weighted by molar-refractivity contribution is -0.175. The highest BCUT2D eigenvalue weighted by molar-refractivity contribution is 5.87. The van der Waals surface area contributed by atoms with E-state index in [0.717, 1.165) is 4.57 Å². The van der Waals surface area contributed by atoms with Gasteiger partial charge in [-0.05, 0) is 6.07 Å². The second kappa shape index (κ2) is 10.8. The molecule has 2 heterocycles. The molecule has 1 aromatic rings. The van der Waals surface area contributed by atoms with Gasteiger partial charge in [-0.2, -0.15) is 10.2 Å². The van der Waals surface area contributed by atoms with Crippen molar-refractivity contribution >= 4 is 11.7 Å². The summed E-state index contributed by atoms with van der Waals surface area (Å²) in [5, 5.41) is 30.4. The van der Waals surface area contributed by atoms with Crippen LogP contribution in [0.3, 0.4) is 0 Å². The first-order valence-corrected chi connectivity index (χ1v) is 8.43. The number of carbonyl (C=O) groups is 1. The van der Waals surface area contributed by atoms with Crippen molar-refractivity contribution in [2.75, 3.05) is 32.1 Å². The standard InChI is InChI=1S/C16H22N4O8/c1-10(22)18-12-3-5-20(16(24)19-12)15-14(13(23)11(7-21)28-15)27-9-26-8-25-6-2-4-17/h3,5,11,13-15,21,23H,2,6-9H2,1H3,(H,18,19,22,24)/t11?,13-,14?,15?/m0/s1. The summed E-state index contributed by atoms with van der Waals surface area (Å²) >= 11 is 0. The predicted octanol–water partition coefficient (Wildman–Crippen LogP) is -1.30. The second-order valence-corrected chi connectivity index (χ2v) is 5.81. The summed E-state index contributed by atoms with van der Waals surface area (Å²) in [6, 6.07) is 3.31. The molecule has 1 amide bonds. The van der Waals surface area contributed by atoms with Crippen LogP contribution in [0.4, 0.5) is 5.82 Å². The summed E-state index contributed by atoms with van der Waals surface area (Å²) in [5.74, 6) is -0.311. The number of nitrogens with zero attached hydrogens (tertiary/aromatic N) is 3. The molecule has 3 unspecified atom stereocenters. The van der Waals surface area contributed by atoms with E-state index >= 15 is 0 Å². The van der Waals surface area contributed by atoms with Gasteiger partial charge in [0.05, 0.1) is 25.7 Å². The van der Waals surface area contributed by atoms with Crippen LogP contribution >= 0.6 is 0 Å². The fourth-order valence-corrected chi connectivity index (χ4v) is 2.53. The van der Waals surface area contributed by atoms with E-state index in [-0.39, 0.29) is 38.3 Å². The van der Waals surface area contributed by atoms with Crippen molar-refractivity contribution in [1.82, 2.24) is 9.55 Å². The molecule has 154 valence electrons. The van der Waals surface area contributed by atoms with Crippen LogP contribution in [0.1, 0.15) is 19.6 Å². The maximum Gasteiger partial charge on any atom is 0.351 e. The molecule has 0 bridgehead atoms. The van der Waals surface area contributed by atoms with E-state index < -0.39 is 36.8 Å². The number of nitriles is 1. The lowest BCUT2D eigenvalue weighted by atomic mass is 10.1. The molecule has 2 rings (SSSR count). The Balaban J connectivity index is 2.03. The number of hydrogen-bond acceptors (Lipinski definition) is 10. The van der Waals surface area contributed by atoms with Gasteiger partial charge in [-0.25, -0.2) is 4.79 Å². The van der Waals surface area contributed by atoms with Gasteiger partial charge >= 0.3 is 5.69 Å². The number of rotatable bonds is 10. The summed E-state index contributed by atoms with van der Waals surface area (Å²) in [6.07, 6.45) is -2.72. The maximum absolute atomic E-state index is 12.3. The molecule has 3 N–H and O–H groups in total. The number of anilines is 1. The van der Waals surface area contributed by atoms with Gasteiger partial charge in [0.1, 0.15) is 37.7 Å². The van der Waals surface area contributed by atoms with Gasteiger partial charge in [0.2, 0.25) is 5.91 Å². The lowest BCUT2D eigenvalue weighted by Gasteiger charge is -2.22. The van der Waals surface area contributed by atoms with E-state index in [2.05, 4.69) is 10.3 Å². The minimum atomic E-state index is -1.22. The summed E-state index contributed by atoms with van der Waals surface area (Å²) in [6.45, 7) is 0.610. The Morgan fingerprint density at radius 1 is 1.46 bits per heavy atom.